The number of halogens is 2. The number of carbonyl (C=O) groups excluding carboxylic acids is 1. The molecule has 1 aromatic carbocycles. The molecule has 6 heteroatoms. The minimum atomic E-state index is -0.647. The van der Waals surface area contributed by atoms with E-state index in [1.165, 1.54) is 19.2 Å². The van der Waals surface area contributed by atoms with E-state index in [0.29, 0.717) is 18.5 Å². The van der Waals surface area contributed by atoms with E-state index in [1.54, 1.807) is 6.92 Å². The molecule has 118 valence electrons. The van der Waals surface area contributed by atoms with Gasteiger partial charge in [-0.2, -0.15) is 0 Å². The highest BCUT2D eigenvalue weighted by atomic mass is 19.1. The van der Waals surface area contributed by atoms with E-state index in [-0.39, 0.29) is 24.9 Å². The minimum absolute atomic E-state index is 0.100. The van der Waals surface area contributed by atoms with E-state index in [1.807, 2.05) is 0 Å². The Bertz CT molecular complexity index is 468. The molecule has 2 N–H and O–H groups in total. The first-order valence-electron chi connectivity index (χ1n) is 6.82. The van der Waals surface area contributed by atoms with Gasteiger partial charge in [0.1, 0.15) is 11.6 Å². The fourth-order valence-electron chi connectivity index (χ4n) is 2.02. The molecule has 0 aliphatic carbocycles. The lowest BCUT2D eigenvalue weighted by Crippen LogP contribution is -2.29. The maximum atomic E-state index is 13.6. The average molecular weight is 301 g/mol. The number of aliphatic hydroxyl groups is 1. The summed E-state index contributed by atoms with van der Waals surface area (Å²) in [5, 5.41) is 12.1. The topological polar surface area (TPSA) is 58.6 Å². The first kappa shape index (κ1) is 17.5. The first-order valence-corrected chi connectivity index (χ1v) is 6.82. The summed E-state index contributed by atoms with van der Waals surface area (Å²) < 4.78 is 31.2. The number of carbonyl (C=O) groups is 1. The number of nitrogens with one attached hydrogen (secondary N) is 1. The SMILES string of the molecule is COCC(O)CCNC(=O)CC(C)c1ccc(F)cc1F. The number of methoxy groups -OCH3 is 1. The number of hydrogen-bond donors (Lipinski definition) is 2. The van der Waals surface area contributed by atoms with Crippen LogP contribution in [0.3, 0.4) is 0 Å². The van der Waals surface area contributed by atoms with Gasteiger partial charge in [-0.05, 0) is 24.0 Å². The summed E-state index contributed by atoms with van der Waals surface area (Å²) in [4.78, 5) is 11.7. The lowest BCUT2D eigenvalue weighted by atomic mass is 9.97. The third-order valence-corrected chi connectivity index (χ3v) is 3.14. The molecule has 0 spiro atoms. The monoisotopic (exact) mass is 301 g/mol. The Morgan fingerprint density at radius 1 is 1.43 bits per heavy atom. The predicted molar refractivity (Wildman–Crippen MR) is 74.9 cm³/mol. The van der Waals surface area contributed by atoms with Gasteiger partial charge >= 0.3 is 0 Å². The fourth-order valence-corrected chi connectivity index (χ4v) is 2.02. The largest absolute Gasteiger partial charge is 0.391 e. The van der Waals surface area contributed by atoms with Crippen LogP contribution in [0.15, 0.2) is 18.2 Å². The summed E-state index contributed by atoms with van der Waals surface area (Å²) in [6, 6.07) is 3.34. The molecule has 0 fully saturated rings. The van der Waals surface area contributed by atoms with Crippen LogP contribution in [0.1, 0.15) is 31.2 Å². The Balaban J connectivity index is 2.40. The van der Waals surface area contributed by atoms with E-state index in [0.717, 1.165) is 6.07 Å². The standard InChI is InChI=1S/C15H21F2NO3/c1-10(13-4-3-11(16)8-14(13)17)7-15(20)18-6-5-12(19)9-21-2/h3-4,8,10,12,19H,5-7,9H2,1-2H3,(H,18,20). The van der Waals surface area contributed by atoms with Gasteiger partial charge < -0.3 is 15.2 Å². The third-order valence-electron chi connectivity index (χ3n) is 3.14. The van der Waals surface area contributed by atoms with Crippen molar-refractivity contribution < 1.29 is 23.4 Å². The molecule has 0 saturated heterocycles. The number of hydrogen-bond acceptors (Lipinski definition) is 3. The highest BCUT2D eigenvalue weighted by molar-refractivity contribution is 5.76. The van der Waals surface area contributed by atoms with Crippen LogP contribution in [-0.2, 0) is 9.53 Å². The van der Waals surface area contributed by atoms with E-state index < -0.39 is 17.7 Å². The molecule has 0 heterocycles. The van der Waals surface area contributed by atoms with Gasteiger partial charge in [0.25, 0.3) is 0 Å². The zero-order valence-corrected chi connectivity index (χ0v) is 12.2. The second-order valence-corrected chi connectivity index (χ2v) is 5.02. The van der Waals surface area contributed by atoms with Crippen LogP contribution in [0, 0.1) is 11.6 Å². The molecule has 0 aliphatic heterocycles. The van der Waals surface area contributed by atoms with Gasteiger partial charge in [-0.25, -0.2) is 8.78 Å². The van der Waals surface area contributed by atoms with Crippen LogP contribution in [0.2, 0.25) is 0 Å². The number of rotatable bonds is 8. The Labute approximate surface area is 123 Å². The fraction of sp³-hybridized carbons (Fsp3) is 0.533. The van der Waals surface area contributed by atoms with Crippen LogP contribution in [-0.4, -0.2) is 37.4 Å². The smallest absolute Gasteiger partial charge is 0.220 e. The highest BCUT2D eigenvalue weighted by Crippen LogP contribution is 2.22. The summed E-state index contributed by atoms with van der Waals surface area (Å²) in [7, 11) is 1.49. The molecule has 2 atom stereocenters. The maximum absolute atomic E-state index is 13.6. The molecule has 1 amide bonds. The van der Waals surface area contributed by atoms with Crippen molar-refractivity contribution in [1.29, 1.82) is 0 Å². The molecule has 1 rings (SSSR count). The van der Waals surface area contributed by atoms with Crippen molar-refractivity contribution in [3.63, 3.8) is 0 Å². The summed E-state index contributed by atoms with van der Waals surface area (Å²) >= 11 is 0. The van der Waals surface area contributed by atoms with Crippen molar-refractivity contribution in [3.8, 4) is 0 Å². The molecule has 0 aromatic heterocycles. The number of amides is 1. The summed E-state index contributed by atoms with van der Waals surface area (Å²) in [6.07, 6.45) is -0.135. The molecule has 1 aromatic rings. The average Bonchev–Trinajstić information content (AvgIpc) is 2.38. The van der Waals surface area contributed by atoms with Crippen molar-refractivity contribution in [2.45, 2.75) is 31.8 Å². The van der Waals surface area contributed by atoms with Crippen LogP contribution in [0.4, 0.5) is 8.78 Å². The molecule has 0 radical (unpaired) electrons. The maximum Gasteiger partial charge on any atom is 0.220 e. The molecule has 0 saturated carbocycles. The quantitative estimate of drug-likeness (QED) is 0.772. The molecule has 2 unspecified atom stereocenters. The minimum Gasteiger partial charge on any atom is -0.391 e. The van der Waals surface area contributed by atoms with Gasteiger partial charge in [0.05, 0.1) is 12.7 Å². The van der Waals surface area contributed by atoms with Crippen LogP contribution in [0.5, 0.6) is 0 Å². The van der Waals surface area contributed by atoms with E-state index in [4.69, 9.17) is 4.74 Å². The van der Waals surface area contributed by atoms with Crippen LogP contribution in [0.25, 0.3) is 0 Å². The lowest BCUT2D eigenvalue weighted by Gasteiger charge is -2.14. The van der Waals surface area contributed by atoms with Gasteiger partial charge in [0.15, 0.2) is 0 Å². The zero-order valence-electron chi connectivity index (χ0n) is 12.2. The number of ether oxygens (including phenoxy) is 1. The van der Waals surface area contributed by atoms with Crippen molar-refractivity contribution >= 4 is 5.91 Å². The second-order valence-electron chi connectivity index (χ2n) is 5.02. The van der Waals surface area contributed by atoms with Crippen molar-refractivity contribution in [2.75, 3.05) is 20.3 Å². The number of benzene rings is 1. The van der Waals surface area contributed by atoms with Gasteiger partial charge in [-0.15, -0.1) is 0 Å². The Morgan fingerprint density at radius 2 is 2.14 bits per heavy atom. The van der Waals surface area contributed by atoms with E-state index in [2.05, 4.69) is 5.32 Å². The van der Waals surface area contributed by atoms with Gasteiger partial charge in [0, 0.05) is 26.1 Å². The number of aliphatic hydroxyl groups excluding tert-OH is 1. The van der Waals surface area contributed by atoms with E-state index >= 15 is 0 Å². The second kappa shape index (κ2) is 8.69. The Hall–Kier alpha value is -1.53. The molecular weight excluding hydrogens is 280 g/mol. The lowest BCUT2D eigenvalue weighted by molar-refractivity contribution is -0.121. The highest BCUT2D eigenvalue weighted by Gasteiger charge is 2.15. The summed E-state index contributed by atoms with van der Waals surface area (Å²) in [6.45, 7) is 2.24. The molecule has 4 nitrogen and oxygen atoms in total. The van der Waals surface area contributed by atoms with Gasteiger partial charge in [-0.1, -0.05) is 13.0 Å². The van der Waals surface area contributed by atoms with Gasteiger partial charge in [-0.3, -0.25) is 4.79 Å². The van der Waals surface area contributed by atoms with Crippen molar-refractivity contribution in [2.24, 2.45) is 0 Å². The summed E-state index contributed by atoms with van der Waals surface area (Å²) in [5.74, 6) is -1.88. The van der Waals surface area contributed by atoms with Crippen LogP contribution < -0.4 is 5.32 Å². The van der Waals surface area contributed by atoms with E-state index in [9.17, 15) is 18.7 Å². The Kier molecular flexibility index (Phi) is 7.25. The molecule has 21 heavy (non-hydrogen) atoms. The third kappa shape index (κ3) is 6.18. The zero-order chi connectivity index (χ0) is 15.8. The predicted octanol–water partition coefficient (Wildman–Crippen LogP) is 1.97. The summed E-state index contributed by atoms with van der Waals surface area (Å²) in [5.41, 5.74) is 0.311. The van der Waals surface area contributed by atoms with Crippen molar-refractivity contribution in [3.05, 3.63) is 35.4 Å². The molecule has 0 bridgehead atoms. The van der Waals surface area contributed by atoms with Crippen molar-refractivity contribution in [1.82, 2.24) is 5.32 Å². The normalized spacial score (nSPS) is 13.8. The Morgan fingerprint density at radius 3 is 2.76 bits per heavy atom. The van der Waals surface area contributed by atoms with Gasteiger partial charge in [0.2, 0.25) is 5.91 Å². The molecule has 0 aliphatic rings. The van der Waals surface area contributed by atoms with Crippen LogP contribution >= 0.6 is 0 Å². The molecular formula is C15H21F2NO3. The first-order chi connectivity index (χ1) is 9.93.